The molecule has 7 heteroatoms. The number of amides is 1. The van der Waals surface area contributed by atoms with Crippen molar-refractivity contribution in [3.05, 3.63) is 52.4 Å². The monoisotopic (exact) mass is 381 g/mol. The molecule has 122 valence electrons. The number of halogens is 1. The Morgan fingerprint density at radius 1 is 1.17 bits per heavy atom. The highest BCUT2D eigenvalue weighted by Gasteiger charge is 2.09. The minimum Gasteiger partial charge on any atom is -0.494 e. The lowest BCUT2D eigenvalue weighted by atomic mass is 10.2. The number of ether oxygens (including phenoxy) is 1. The summed E-state index contributed by atoms with van der Waals surface area (Å²) in [6, 6.07) is 10.5. The van der Waals surface area contributed by atoms with Crippen LogP contribution >= 0.6 is 15.9 Å². The zero-order valence-electron chi connectivity index (χ0n) is 12.3. The largest absolute Gasteiger partial charge is 0.494 e. The third-order valence-corrected chi connectivity index (χ3v) is 3.40. The number of carboxylic acid groups (broad SMARTS) is 1. The van der Waals surface area contributed by atoms with Crippen LogP contribution in [-0.2, 0) is 11.3 Å². The molecule has 0 fully saturated rings. The number of rotatable bonds is 8. The van der Waals surface area contributed by atoms with Gasteiger partial charge in [0.1, 0.15) is 5.75 Å². The molecule has 0 aliphatic carbocycles. The van der Waals surface area contributed by atoms with Gasteiger partial charge in [0.05, 0.1) is 6.61 Å². The number of benzene rings is 1. The summed E-state index contributed by atoms with van der Waals surface area (Å²) >= 11 is 3.14. The van der Waals surface area contributed by atoms with Crippen molar-refractivity contribution < 1.29 is 23.8 Å². The maximum absolute atomic E-state index is 11.8. The summed E-state index contributed by atoms with van der Waals surface area (Å²) < 4.78 is 11.1. The lowest BCUT2D eigenvalue weighted by Gasteiger charge is -2.07. The van der Waals surface area contributed by atoms with Crippen LogP contribution in [0.15, 0.2) is 45.5 Å². The molecule has 0 saturated carbocycles. The molecular weight excluding hydrogens is 366 g/mol. The number of furan rings is 1. The van der Waals surface area contributed by atoms with Gasteiger partial charge in [0.25, 0.3) is 5.91 Å². The predicted octanol–water partition coefficient (Wildman–Crippen LogP) is 3.22. The van der Waals surface area contributed by atoms with Gasteiger partial charge in [0.15, 0.2) is 10.4 Å². The zero-order valence-corrected chi connectivity index (χ0v) is 13.8. The molecule has 0 atom stereocenters. The van der Waals surface area contributed by atoms with Crippen molar-refractivity contribution in [1.29, 1.82) is 0 Å². The Labute approximate surface area is 141 Å². The summed E-state index contributed by atoms with van der Waals surface area (Å²) in [5.41, 5.74) is 0.918. The predicted molar refractivity (Wildman–Crippen MR) is 86.4 cm³/mol. The van der Waals surface area contributed by atoms with Crippen molar-refractivity contribution in [2.75, 3.05) is 6.61 Å². The maximum Gasteiger partial charge on any atom is 0.303 e. The molecule has 1 aromatic heterocycles. The van der Waals surface area contributed by atoms with E-state index >= 15 is 0 Å². The molecule has 6 nitrogen and oxygen atoms in total. The number of carboxylic acids is 1. The van der Waals surface area contributed by atoms with Crippen LogP contribution in [0.3, 0.4) is 0 Å². The number of hydrogen-bond acceptors (Lipinski definition) is 4. The first-order valence-electron chi connectivity index (χ1n) is 7.01. The molecule has 0 radical (unpaired) electrons. The van der Waals surface area contributed by atoms with E-state index in [4.69, 9.17) is 14.3 Å². The van der Waals surface area contributed by atoms with E-state index in [-0.39, 0.29) is 18.1 Å². The van der Waals surface area contributed by atoms with Gasteiger partial charge < -0.3 is 19.6 Å². The first-order valence-corrected chi connectivity index (χ1v) is 7.81. The van der Waals surface area contributed by atoms with E-state index in [1.54, 1.807) is 24.3 Å². The summed E-state index contributed by atoms with van der Waals surface area (Å²) in [6.45, 7) is 0.728. The molecule has 2 N–H and O–H groups in total. The van der Waals surface area contributed by atoms with Gasteiger partial charge in [-0.05, 0) is 52.2 Å². The molecule has 0 bridgehead atoms. The van der Waals surface area contributed by atoms with Crippen molar-refractivity contribution in [3.63, 3.8) is 0 Å². The van der Waals surface area contributed by atoms with Gasteiger partial charge in [-0.2, -0.15) is 0 Å². The summed E-state index contributed by atoms with van der Waals surface area (Å²) in [4.78, 5) is 22.2. The molecule has 0 aliphatic rings. The standard InChI is InChI=1S/C16H16BrNO5/c17-14-8-7-13(23-14)16(21)18-10-11-3-5-12(6-4-11)22-9-1-2-15(19)20/h3-8H,1-2,9-10H2,(H,18,21)(H,19,20). The Balaban J connectivity index is 1.76. The van der Waals surface area contributed by atoms with Crippen LogP contribution in [0.5, 0.6) is 5.75 Å². The van der Waals surface area contributed by atoms with E-state index in [0.717, 1.165) is 5.56 Å². The average Bonchev–Trinajstić information content (AvgIpc) is 2.97. The highest BCUT2D eigenvalue weighted by molar-refractivity contribution is 9.10. The van der Waals surface area contributed by atoms with Gasteiger partial charge in [0, 0.05) is 13.0 Å². The van der Waals surface area contributed by atoms with E-state index in [1.165, 1.54) is 0 Å². The lowest BCUT2D eigenvalue weighted by Crippen LogP contribution is -2.22. The van der Waals surface area contributed by atoms with Gasteiger partial charge in [-0.25, -0.2) is 0 Å². The van der Waals surface area contributed by atoms with E-state index in [1.807, 2.05) is 12.1 Å². The SMILES string of the molecule is O=C(O)CCCOc1ccc(CNC(=O)c2ccc(Br)o2)cc1. The van der Waals surface area contributed by atoms with E-state index in [9.17, 15) is 9.59 Å². The third kappa shape index (κ3) is 5.78. The second-order valence-electron chi connectivity index (χ2n) is 4.78. The van der Waals surface area contributed by atoms with E-state index in [2.05, 4.69) is 21.2 Å². The molecular formula is C16H16BrNO5. The minimum absolute atomic E-state index is 0.0903. The van der Waals surface area contributed by atoms with Gasteiger partial charge in [-0.3, -0.25) is 9.59 Å². The molecule has 2 aromatic rings. The number of hydrogen-bond donors (Lipinski definition) is 2. The molecule has 1 aromatic carbocycles. The van der Waals surface area contributed by atoms with Crippen LogP contribution in [-0.4, -0.2) is 23.6 Å². The van der Waals surface area contributed by atoms with Gasteiger partial charge in [-0.15, -0.1) is 0 Å². The molecule has 0 spiro atoms. The quantitative estimate of drug-likeness (QED) is 0.685. The fourth-order valence-electron chi connectivity index (χ4n) is 1.82. The van der Waals surface area contributed by atoms with Crippen LogP contribution in [0.4, 0.5) is 0 Å². The Hall–Kier alpha value is -2.28. The number of carbonyl (C=O) groups is 2. The van der Waals surface area contributed by atoms with Crippen molar-refractivity contribution in [2.45, 2.75) is 19.4 Å². The summed E-state index contributed by atoms with van der Waals surface area (Å²) in [6.07, 6.45) is 0.554. The van der Waals surface area contributed by atoms with Crippen molar-refractivity contribution in [3.8, 4) is 5.75 Å². The fraction of sp³-hybridized carbons (Fsp3) is 0.250. The Kier molecular flexibility index (Phi) is 6.22. The van der Waals surface area contributed by atoms with Crippen molar-refractivity contribution >= 4 is 27.8 Å². The van der Waals surface area contributed by atoms with Gasteiger partial charge >= 0.3 is 5.97 Å². The smallest absolute Gasteiger partial charge is 0.303 e. The first kappa shape index (κ1) is 17.1. The molecule has 2 rings (SSSR count). The number of nitrogens with one attached hydrogen (secondary N) is 1. The summed E-state index contributed by atoms with van der Waals surface area (Å²) in [5, 5.41) is 11.3. The van der Waals surface area contributed by atoms with Gasteiger partial charge in [-0.1, -0.05) is 12.1 Å². The fourth-order valence-corrected chi connectivity index (χ4v) is 2.13. The van der Waals surface area contributed by atoms with Crippen LogP contribution in [0.2, 0.25) is 0 Å². The van der Waals surface area contributed by atoms with Crippen molar-refractivity contribution in [2.24, 2.45) is 0 Å². The average molecular weight is 382 g/mol. The van der Waals surface area contributed by atoms with E-state index < -0.39 is 5.97 Å². The molecule has 1 amide bonds. The highest BCUT2D eigenvalue weighted by Crippen LogP contribution is 2.15. The maximum atomic E-state index is 11.8. The Bertz CT molecular complexity index is 665. The highest BCUT2D eigenvalue weighted by atomic mass is 79.9. The van der Waals surface area contributed by atoms with Crippen LogP contribution in [0, 0.1) is 0 Å². The first-order chi connectivity index (χ1) is 11.0. The molecule has 0 unspecified atom stereocenters. The second kappa shape index (κ2) is 8.38. The molecule has 0 aliphatic heterocycles. The number of aliphatic carboxylic acids is 1. The van der Waals surface area contributed by atoms with Crippen molar-refractivity contribution in [1.82, 2.24) is 5.32 Å². The summed E-state index contributed by atoms with van der Waals surface area (Å²) in [5.74, 6) is -0.205. The third-order valence-electron chi connectivity index (χ3n) is 2.98. The lowest BCUT2D eigenvalue weighted by molar-refractivity contribution is -0.137. The van der Waals surface area contributed by atoms with E-state index in [0.29, 0.717) is 30.0 Å². The van der Waals surface area contributed by atoms with Crippen LogP contribution < -0.4 is 10.1 Å². The number of carbonyl (C=O) groups excluding carboxylic acids is 1. The normalized spacial score (nSPS) is 10.3. The van der Waals surface area contributed by atoms with Crippen LogP contribution in [0.1, 0.15) is 29.0 Å². The zero-order chi connectivity index (χ0) is 16.7. The Morgan fingerprint density at radius 3 is 2.52 bits per heavy atom. The van der Waals surface area contributed by atoms with Crippen LogP contribution in [0.25, 0.3) is 0 Å². The Morgan fingerprint density at radius 2 is 1.91 bits per heavy atom. The topological polar surface area (TPSA) is 88.8 Å². The molecule has 1 heterocycles. The molecule has 23 heavy (non-hydrogen) atoms. The second-order valence-corrected chi connectivity index (χ2v) is 5.56. The van der Waals surface area contributed by atoms with Gasteiger partial charge in [0.2, 0.25) is 0 Å². The summed E-state index contributed by atoms with van der Waals surface area (Å²) in [7, 11) is 0. The minimum atomic E-state index is -0.830. The molecule has 0 saturated heterocycles.